The minimum absolute atomic E-state index is 0. The summed E-state index contributed by atoms with van der Waals surface area (Å²) >= 11 is 0. The second-order valence-electron chi connectivity index (χ2n) is 3.41. The van der Waals surface area contributed by atoms with E-state index < -0.39 is 0 Å². The van der Waals surface area contributed by atoms with Crippen molar-refractivity contribution in [3.8, 4) is 0 Å². The molecule has 0 bridgehead atoms. The molecular weight excluding hydrogens is 152 g/mol. The molecule has 0 fully saturated rings. The maximum Gasteiger partial charge on any atom is 0.0794 e. The van der Waals surface area contributed by atoms with Gasteiger partial charge in [0.25, 0.3) is 0 Å². The van der Waals surface area contributed by atoms with E-state index in [1.165, 1.54) is 13.1 Å². The Morgan fingerprint density at radius 3 is 1.92 bits per heavy atom. The molecule has 0 spiro atoms. The van der Waals surface area contributed by atoms with Gasteiger partial charge in [0.2, 0.25) is 0 Å². The van der Waals surface area contributed by atoms with Crippen molar-refractivity contribution in [3.63, 3.8) is 0 Å². The smallest absolute Gasteiger partial charge is 0.0794 e. The highest BCUT2D eigenvalue weighted by atomic mass is 16.2. The highest BCUT2D eigenvalue weighted by Gasteiger charge is 2.08. The molecule has 2 N–H and O–H groups in total. The average molecular weight is 176 g/mol. The minimum Gasteiger partial charge on any atom is -0.855 e. The molecule has 0 aromatic carbocycles. The van der Waals surface area contributed by atoms with Crippen LogP contribution in [0.2, 0.25) is 0 Å². The number of nitrogens with zero attached hydrogens (tertiary/aromatic N) is 1. The Morgan fingerprint density at radius 2 is 1.67 bits per heavy atom. The van der Waals surface area contributed by atoms with Crippen LogP contribution in [-0.2, 0) is 0 Å². The van der Waals surface area contributed by atoms with E-state index in [1.807, 2.05) is 0 Å². The normalized spacial score (nSPS) is 10.5. The molecular formula is C9H24N2O. The molecule has 0 aromatic rings. The number of quaternary nitrogens is 1. The van der Waals surface area contributed by atoms with Gasteiger partial charge >= 0.3 is 0 Å². The van der Waals surface area contributed by atoms with Crippen LogP contribution in [0.1, 0.15) is 20.3 Å². The zero-order valence-electron chi connectivity index (χ0n) is 8.97. The summed E-state index contributed by atoms with van der Waals surface area (Å²) in [4.78, 5) is 0. The number of hydrogen-bond donors (Lipinski definition) is 1. The van der Waals surface area contributed by atoms with Crippen LogP contribution in [0.5, 0.6) is 0 Å². The van der Waals surface area contributed by atoms with E-state index in [0.717, 1.165) is 17.4 Å². The summed E-state index contributed by atoms with van der Waals surface area (Å²) in [6.07, 6.45) is 1.14. The summed E-state index contributed by atoms with van der Waals surface area (Å²) in [5.74, 6) is 0. The molecule has 3 nitrogen and oxygen atoms in total. The second-order valence-corrected chi connectivity index (χ2v) is 3.41. The molecule has 0 aliphatic heterocycles. The van der Waals surface area contributed by atoms with Gasteiger partial charge in [-0.05, 0) is 13.5 Å². The summed E-state index contributed by atoms with van der Waals surface area (Å²) in [7, 11) is 4.46. The Morgan fingerprint density at radius 1 is 1.25 bits per heavy atom. The van der Waals surface area contributed by atoms with E-state index in [4.69, 9.17) is 10.8 Å². The molecule has 0 saturated carbocycles. The topological polar surface area (TPSA) is 49.1 Å². The first-order valence-corrected chi connectivity index (χ1v) is 4.64. The molecule has 0 heterocycles. The lowest BCUT2D eigenvalue weighted by molar-refractivity contribution is -0.888. The van der Waals surface area contributed by atoms with Gasteiger partial charge in [-0.1, -0.05) is 6.92 Å². The Kier molecular flexibility index (Phi) is 10.8. The summed E-state index contributed by atoms with van der Waals surface area (Å²) in [5, 5.41) is 8.93. The Bertz CT molecular complexity index is 84.6. The van der Waals surface area contributed by atoms with Gasteiger partial charge in [0.05, 0.1) is 27.2 Å². The fourth-order valence-corrected chi connectivity index (χ4v) is 0.677. The Hall–Kier alpha value is -0.120. The third-order valence-corrected chi connectivity index (χ3v) is 1.82. The largest absolute Gasteiger partial charge is 0.855 e. The van der Waals surface area contributed by atoms with E-state index in [2.05, 4.69) is 21.0 Å². The van der Waals surface area contributed by atoms with Crippen LogP contribution < -0.4 is 10.8 Å². The number of hydrogen-bond acceptors (Lipinski definition) is 2. The Labute approximate surface area is 76.8 Å². The monoisotopic (exact) mass is 176 g/mol. The van der Waals surface area contributed by atoms with E-state index in [9.17, 15) is 0 Å². The first-order chi connectivity index (χ1) is 5.54. The van der Waals surface area contributed by atoms with E-state index in [0.29, 0.717) is 0 Å². The van der Waals surface area contributed by atoms with Crippen LogP contribution in [0.4, 0.5) is 0 Å². The first-order valence-electron chi connectivity index (χ1n) is 4.64. The zero-order valence-corrected chi connectivity index (χ0v) is 8.97. The SMILES string of the molecule is CC[N+](C)(C)CCCN.CC[O-]. The van der Waals surface area contributed by atoms with Gasteiger partial charge in [-0.2, -0.15) is 0 Å². The standard InChI is InChI=1S/C7H19N2.C2H5O/c1-4-9(2,3)7-5-6-8;1-2-3/h4-8H2,1-3H3;2H2,1H3/q+1;-1. The van der Waals surface area contributed by atoms with Gasteiger partial charge in [0.15, 0.2) is 0 Å². The van der Waals surface area contributed by atoms with Crippen molar-refractivity contribution in [1.82, 2.24) is 0 Å². The molecule has 76 valence electrons. The summed E-state index contributed by atoms with van der Waals surface area (Å²) in [6.45, 7) is 6.99. The lowest BCUT2D eigenvalue weighted by Crippen LogP contribution is -2.40. The van der Waals surface area contributed by atoms with Crippen LogP contribution in [0.25, 0.3) is 0 Å². The van der Waals surface area contributed by atoms with Crippen molar-refractivity contribution >= 4 is 0 Å². The van der Waals surface area contributed by atoms with Crippen molar-refractivity contribution in [3.05, 3.63) is 0 Å². The molecule has 0 rings (SSSR count). The fourth-order valence-electron chi connectivity index (χ4n) is 0.677. The molecule has 0 aliphatic rings. The maximum atomic E-state index is 8.93. The number of rotatable bonds is 4. The van der Waals surface area contributed by atoms with Crippen molar-refractivity contribution in [1.29, 1.82) is 0 Å². The van der Waals surface area contributed by atoms with Crippen molar-refractivity contribution in [2.24, 2.45) is 5.73 Å². The van der Waals surface area contributed by atoms with E-state index in [-0.39, 0.29) is 6.61 Å². The molecule has 0 atom stereocenters. The Balaban J connectivity index is 0. The van der Waals surface area contributed by atoms with Gasteiger partial charge in [-0.15, -0.1) is 6.61 Å². The lowest BCUT2D eigenvalue weighted by atomic mass is 10.3. The van der Waals surface area contributed by atoms with E-state index >= 15 is 0 Å². The molecule has 0 unspecified atom stereocenters. The summed E-state index contributed by atoms with van der Waals surface area (Å²) < 4.78 is 1.09. The van der Waals surface area contributed by atoms with Crippen LogP contribution in [0.15, 0.2) is 0 Å². The fraction of sp³-hybridized carbons (Fsp3) is 1.00. The molecule has 0 aromatic heterocycles. The van der Waals surface area contributed by atoms with E-state index in [1.54, 1.807) is 6.92 Å². The van der Waals surface area contributed by atoms with Crippen molar-refractivity contribution in [2.45, 2.75) is 20.3 Å². The number of nitrogens with two attached hydrogens (primary N) is 1. The minimum atomic E-state index is 0. The third-order valence-electron chi connectivity index (χ3n) is 1.82. The predicted molar refractivity (Wildman–Crippen MR) is 51.7 cm³/mol. The van der Waals surface area contributed by atoms with Gasteiger partial charge < -0.3 is 15.3 Å². The van der Waals surface area contributed by atoms with Crippen LogP contribution in [-0.4, -0.2) is 44.8 Å². The third kappa shape index (κ3) is 12.5. The van der Waals surface area contributed by atoms with Gasteiger partial charge in [0, 0.05) is 6.42 Å². The van der Waals surface area contributed by atoms with Gasteiger partial charge in [0.1, 0.15) is 0 Å². The second kappa shape index (κ2) is 8.97. The van der Waals surface area contributed by atoms with Crippen molar-refractivity contribution < 1.29 is 9.59 Å². The maximum absolute atomic E-state index is 8.93. The zero-order chi connectivity index (χ0) is 10.0. The van der Waals surface area contributed by atoms with Crippen LogP contribution in [0, 0.1) is 0 Å². The molecule has 0 saturated heterocycles. The predicted octanol–water partition coefficient (Wildman–Crippen LogP) is -0.202. The molecule has 0 radical (unpaired) electrons. The highest BCUT2D eigenvalue weighted by molar-refractivity contribution is 4.35. The lowest BCUT2D eigenvalue weighted by Gasteiger charge is -2.27. The van der Waals surface area contributed by atoms with Gasteiger partial charge in [-0.25, -0.2) is 0 Å². The van der Waals surface area contributed by atoms with Crippen LogP contribution >= 0.6 is 0 Å². The highest BCUT2D eigenvalue weighted by Crippen LogP contribution is 1.95. The van der Waals surface area contributed by atoms with Crippen molar-refractivity contribution in [2.75, 3.05) is 40.3 Å². The quantitative estimate of drug-likeness (QED) is 0.603. The first kappa shape index (κ1) is 14.4. The average Bonchev–Trinajstić information content (AvgIpc) is 2.03. The summed E-state index contributed by atoms with van der Waals surface area (Å²) in [5.41, 5.74) is 5.38. The van der Waals surface area contributed by atoms with Crippen LogP contribution in [0.3, 0.4) is 0 Å². The van der Waals surface area contributed by atoms with Gasteiger partial charge in [-0.3, -0.25) is 0 Å². The molecule has 0 amide bonds. The summed E-state index contributed by atoms with van der Waals surface area (Å²) in [6, 6.07) is 0. The molecule has 0 aliphatic carbocycles. The molecule has 3 heteroatoms. The molecule has 12 heavy (non-hydrogen) atoms.